The van der Waals surface area contributed by atoms with Crippen molar-refractivity contribution in [2.24, 2.45) is 14.1 Å². The molecule has 1 aromatic carbocycles. The predicted molar refractivity (Wildman–Crippen MR) is 97.4 cm³/mol. The van der Waals surface area contributed by atoms with Crippen LogP contribution in [-0.2, 0) is 30.1 Å². The molecule has 8 heteroatoms. The summed E-state index contributed by atoms with van der Waals surface area (Å²) in [5.74, 6) is -1.74. The first kappa shape index (κ1) is 17.7. The largest absolute Gasteiger partial charge is 0.332 e. The number of aryl methyl sites for hydroxylation is 1. The van der Waals surface area contributed by atoms with Gasteiger partial charge in [0.1, 0.15) is 5.82 Å². The molecule has 0 aliphatic carbocycles. The topological polar surface area (TPSA) is 102 Å². The molecule has 1 aromatic heterocycles. The van der Waals surface area contributed by atoms with Crippen molar-refractivity contribution >= 4 is 23.3 Å². The maximum Gasteiger partial charge on any atom is 0.332 e. The lowest BCUT2D eigenvalue weighted by Gasteiger charge is -2.26. The zero-order chi connectivity index (χ0) is 19.0. The fourth-order valence-electron chi connectivity index (χ4n) is 3.20. The van der Waals surface area contributed by atoms with Crippen LogP contribution in [0.4, 0.5) is 11.5 Å². The van der Waals surface area contributed by atoms with E-state index in [0.717, 1.165) is 16.6 Å². The molecule has 2 N–H and O–H groups in total. The van der Waals surface area contributed by atoms with Crippen LogP contribution in [0.2, 0.25) is 0 Å². The Bertz CT molecular complexity index is 1020. The normalized spacial score (nSPS) is 16.0. The molecule has 2 amide bonds. The van der Waals surface area contributed by atoms with Crippen LogP contribution in [0.15, 0.2) is 33.9 Å². The van der Waals surface area contributed by atoms with Crippen molar-refractivity contribution in [3.05, 3.63) is 56.2 Å². The van der Waals surface area contributed by atoms with Crippen LogP contribution >= 0.6 is 0 Å². The minimum atomic E-state index is -0.964. The van der Waals surface area contributed by atoms with Gasteiger partial charge in [0.25, 0.3) is 5.56 Å². The second-order valence-corrected chi connectivity index (χ2v) is 6.27. The van der Waals surface area contributed by atoms with Crippen molar-refractivity contribution in [3.63, 3.8) is 0 Å². The highest BCUT2D eigenvalue weighted by Gasteiger charge is 2.36. The molecule has 0 saturated heterocycles. The first-order valence-electron chi connectivity index (χ1n) is 8.33. The highest BCUT2D eigenvalue weighted by Crippen LogP contribution is 2.30. The second kappa shape index (κ2) is 6.62. The number of nitrogens with zero attached hydrogens (tertiary/aromatic N) is 2. The van der Waals surface area contributed by atoms with Gasteiger partial charge in [-0.2, -0.15) is 0 Å². The van der Waals surface area contributed by atoms with Gasteiger partial charge in [-0.1, -0.05) is 25.1 Å². The lowest BCUT2D eigenvalue weighted by molar-refractivity contribution is -0.123. The summed E-state index contributed by atoms with van der Waals surface area (Å²) in [5, 5.41) is 5.36. The monoisotopic (exact) mass is 356 g/mol. The van der Waals surface area contributed by atoms with E-state index in [2.05, 4.69) is 10.6 Å². The third-order valence-corrected chi connectivity index (χ3v) is 4.67. The van der Waals surface area contributed by atoms with Gasteiger partial charge < -0.3 is 10.6 Å². The fourth-order valence-corrected chi connectivity index (χ4v) is 3.20. The van der Waals surface area contributed by atoms with Gasteiger partial charge in [-0.15, -0.1) is 0 Å². The molecule has 1 atom stereocenters. The van der Waals surface area contributed by atoms with E-state index in [-0.39, 0.29) is 17.8 Å². The Balaban J connectivity index is 2.08. The van der Waals surface area contributed by atoms with E-state index < -0.39 is 29.0 Å². The van der Waals surface area contributed by atoms with Gasteiger partial charge in [0.15, 0.2) is 0 Å². The molecule has 136 valence electrons. The van der Waals surface area contributed by atoms with Gasteiger partial charge in [0.05, 0.1) is 11.5 Å². The van der Waals surface area contributed by atoms with Gasteiger partial charge in [0, 0.05) is 26.2 Å². The Labute approximate surface area is 149 Å². The third-order valence-electron chi connectivity index (χ3n) is 4.67. The smallest absolute Gasteiger partial charge is 0.325 e. The zero-order valence-corrected chi connectivity index (χ0v) is 14.8. The predicted octanol–water partition coefficient (Wildman–Crippen LogP) is 0.711. The SMILES string of the molecule is CCc1ccccc1NC(=O)[C@H]1CC(=O)Nc2c1c(=O)n(C)c(=O)n2C. The Morgan fingerprint density at radius 2 is 1.88 bits per heavy atom. The van der Waals surface area contributed by atoms with Crippen molar-refractivity contribution in [2.45, 2.75) is 25.7 Å². The molecular weight excluding hydrogens is 336 g/mol. The average Bonchev–Trinajstić information content (AvgIpc) is 2.64. The minimum absolute atomic E-state index is 0.0817. The molecule has 0 radical (unpaired) electrons. The number of carbonyl (C=O) groups is 2. The van der Waals surface area contributed by atoms with Crippen molar-refractivity contribution in [1.82, 2.24) is 9.13 Å². The number of amides is 2. The summed E-state index contributed by atoms with van der Waals surface area (Å²) in [6.45, 7) is 1.97. The number of carbonyl (C=O) groups excluding carboxylic acids is 2. The number of benzene rings is 1. The molecular formula is C18H20N4O4. The van der Waals surface area contributed by atoms with Crippen LogP contribution in [0.5, 0.6) is 0 Å². The average molecular weight is 356 g/mol. The van der Waals surface area contributed by atoms with E-state index in [4.69, 9.17) is 0 Å². The summed E-state index contributed by atoms with van der Waals surface area (Å²) in [7, 11) is 2.80. The number of rotatable bonds is 3. The van der Waals surface area contributed by atoms with Crippen molar-refractivity contribution in [2.75, 3.05) is 10.6 Å². The zero-order valence-electron chi connectivity index (χ0n) is 14.8. The highest BCUT2D eigenvalue weighted by atomic mass is 16.2. The van der Waals surface area contributed by atoms with Crippen LogP contribution in [0, 0.1) is 0 Å². The number of nitrogens with one attached hydrogen (secondary N) is 2. The Morgan fingerprint density at radius 3 is 2.58 bits per heavy atom. The number of hydrogen-bond donors (Lipinski definition) is 2. The molecule has 3 rings (SSSR count). The van der Waals surface area contributed by atoms with E-state index in [1.807, 2.05) is 19.1 Å². The highest BCUT2D eigenvalue weighted by molar-refractivity contribution is 6.04. The van der Waals surface area contributed by atoms with E-state index in [1.54, 1.807) is 12.1 Å². The van der Waals surface area contributed by atoms with E-state index in [1.165, 1.54) is 18.7 Å². The minimum Gasteiger partial charge on any atom is -0.325 e. The Hall–Kier alpha value is -3.16. The lowest BCUT2D eigenvalue weighted by atomic mass is 9.92. The van der Waals surface area contributed by atoms with Gasteiger partial charge in [-0.3, -0.25) is 23.5 Å². The van der Waals surface area contributed by atoms with Crippen LogP contribution in [0.3, 0.4) is 0 Å². The summed E-state index contributed by atoms with van der Waals surface area (Å²) in [6, 6.07) is 7.36. The third kappa shape index (κ3) is 2.83. The number of hydrogen-bond acceptors (Lipinski definition) is 4. The second-order valence-electron chi connectivity index (χ2n) is 6.27. The standard InChI is InChI=1S/C18H20N4O4/c1-4-10-7-5-6-8-12(10)19-16(24)11-9-13(23)20-15-14(11)17(25)22(3)18(26)21(15)2/h5-8,11H,4,9H2,1-3H3,(H,19,24)(H,20,23)/t11-/m0/s1. The summed E-state index contributed by atoms with van der Waals surface area (Å²) in [4.78, 5) is 49.6. The molecule has 0 fully saturated rings. The first-order valence-corrected chi connectivity index (χ1v) is 8.33. The van der Waals surface area contributed by atoms with Gasteiger partial charge in [-0.05, 0) is 18.1 Å². The number of anilines is 2. The number of fused-ring (bicyclic) bond motifs is 1. The summed E-state index contributed by atoms with van der Waals surface area (Å²) in [6.07, 6.45) is 0.578. The van der Waals surface area contributed by atoms with E-state index >= 15 is 0 Å². The maximum absolute atomic E-state index is 12.9. The number of para-hydroxylation sites is 1. The van der Waals surface area contributed by atoms with Crippen LogP contribution < -0.4 is 21.9 Å². The Kier molecular flexibility index (Phi) is 4.50. The van der Waals surface area contributed by atoms with Crippen molar-refractivity contribution in [3.8, 4) is 0 Å². The van der Waals surface area contributed by atoms with Crippen molar-refractivity contribution < 1.29 is 9.59 Å². The fraction of sp³-hybridized carbons (Fsp3) is 0.333. The summed E-state index contributed by atoms with van der Waals surface area (Å²) < 4.78 is 2.12. The molecule has 8 nitrogen and oxygen atoms in total. The quantitative estimate of drug-likeness (QED) is 0.845. The molecule has 0 spiro atoms. The van der Waals surface area contributed by atoms with Crippen molar-refractivity contribution in [1.29, 1.82) is 0 Å². The van der Waals surface area contributed by atoms with Crippen LogP contribution in [0.25, 0.3) is 0 Å². The molecule has 1 aliphatic rings. The molecule has 0 saturated carbocycles. The molecule has 26 heavy (non-hydrogen) atoms. The van der Waals surface area contributed by atoms with Crippen LogP contribution in [-0.4, -0.2) is 20.9 Å². The summed E-state index contributed by atoms with van der Waals surface area (Å²) in [5.41, 5.74) is 0.586. The van der Waals surface area contributed by atoms with Gasteiger partial charge in [-0.25, -0.2) is 4.79 Å². The molecule has 2 aromatic rings. The Morgan fingerprint density at radius 1 is 1.19 bits per heavy atom. The van der Waals surface area contributed by atoms with E-state index in [0.29, 0.717) is 5.69 Å². The molecule has 0 unspecified atom stereocenters. The molecule has 0 bridgehead atoms. The van der Waals surface area contributed by atoms with Gasteiger partial charge in [0.2, 0.25) is 11.8 Å². The van der Waals surface area contributed by atoms with Crippen LogP contribution in [0.1, 0.15) is 30.4 Å². The van der Waals surface area contributed by atoms with E-state index in [9.17, 15) is 19.2 Å². The van der Waals surface area contributed by atoms with Gasteiger partial charge >= 0.3 is 5.69 Å². The lowest BCUT2D eigenvalue weighted by Crippen LogP contribution is -2.45. The summed E-state index contributed by atoms with van der Waals surface area (Å²) >= 11 is 0. The molecule has 2 heterocycles. The molecule has 1 aliphatic heterocycles. The maximum atomic E-state index is 12.9. The first-order chi connectivity index (χ1) is 12.3. The number of aromatic nitrogens is 2.